The van der Waals surface area contributed by atoms with E-state index in [0.717, 1.165) is 30.0 Å². The second-order valence-corrected chi connectivity index (χ2v) is 14.8. The zero-order valence-electron chi connectivity index (χ0n) is 28.7. The maximum absolute atomic E-state index is 14.3. The smallest absolute Gasteiger partial charge is 0.408 e. The summed E-state index contributed by atoms with van der Waals surface area (Å²) in [5.41, 5.74) is -1.07. The normalized spacial score (nSPS) is 28.0. The van der Waals surface area contributed by atoms with Crippen molar-refractivity contribution in [3.05, 3.63) is 72.1 Å². The number of hydrogen-bond acceptors (Lipinski definition) is 7. The van der Waals surface area contributed by atoms with Crippen LogP contribution < -0.4 is 15.4 Å². The third-order valence-corrected chi connectivity index (χ3v) is 9.68. The number of alkyl carbamates (subject to hydrolysis) is 1. The number of carbonyl (C=O) groups excluding carboxylic acids is 3. The van der Waals surface area contributed by atoms with E-state index in [9.17, 15) is 28.7 Å². The van der Waals surface area contributed by atoms with Crippen molar-refractivity contribution >= 4 is 45.4 Å². The fraction of sp³-hybridized carbons (Fsp3) is 0.462. The van der Waals surface area contributed by atoms with Gasteiger partial charge >= 0.3 is 12.1 Å². The number of aliphatic carboxylic acids is 1. The minimum atomic E-state index is -1.38. The Balaban J connectivity index is 1.34. The molecule has 2 heterocycles. The Hall–Kier alpha value is -4.80. The first-order valence-electron chi connectivity index (χ1n) is 17.4. The lowest BCUT2D eigenvalue weighted by atomic mass is 9.81. The predicted octanol–water partition coefficient (Wildman–Crippen LogP) is 6.94. The Kier molecular flexibility index (Phi) is 9.96. The molecule has 5 atom stereocenters. The van der Waals surface area contributed by atoms with Crippen molar-refractivity contribution in [2.24, 2.45) is 11.8 Å². The molecular weight excluding hydrogens is 641 g/mol. The number of carboxylic acids is 1. The molecule has 3 aliphatic rings. The first-order valence-corrected chi connectivity index (χ1v) is 17.4. The average molecular weight is 686 g/mol. The monoisotopic (exact) mass is 685 g/mol. The number of ketones is 1. The summed E-state index contributed by atoms with van der Waals surface area (Å²) >= 11 is 0. The van der Waals surface area contributed by atoms with Crippen LogP contribution in [0.2, 0.25) is 0 Å². The van der Waals surface area contributed by atoms with Crippen LogP contribution in [0.15, 0.2) is 66.3 Å². The summed E-state index contributed by atoms with van der Waals surface area (Å²) in [5, 5.41) is 18.1. The van der Waals surface area contributed by atoms with Gasteiger partial charge in [0.2, 0.25) is 11.8 Å². The number of carboxylic acid groups (broad SMARTS) is 1. The van der Waals surface area contributed by atoms with Crippen molar-refractivity contribution in [1.82, 2.24) is 15.6 Å². The summed E-state index contributed by atoms with van der Waals surface area (Å²) in [4.78, 5) is 57.6. The molecule has 2 saturated carbocycles. The van der Waals surface area contributed by atoms with Crippen LogP contribution in [0.4, 0.5) is 9.18 Å². The molecule has 10 nitrogen and oxygen atoms in total. The third-order valence-electron chi connectivity index (χ3n) is 9.68. The predicted molar refractivity (Wildman–Crippen MR) is 186 cm³/mol. The minimum absolute atomic E-state index is 0.212. The number of halogens is 1. The average Bonchev–Trinajstić information content (AvgIpc) is 3.75. The topological polar surface area (TPSA) is 144 Å². The van der Waals surface area contributed by atoms with Crippen molar-refractivity contribution in [3.8, 4) is 5.88 Å². The Morgan fingerprint density at radius 2 is 1.82 bits per heavy atom. The van der Waals surface area contributed by atoms with E-state index in [4.69, 9.17) is 9.47 Å². The Morgan fingerprint density at radius 3 is 2.58 bits per heavy atom. The van der Waals surface area contributed by atoms with E-state index in [2.05, 4.69) is 15.6 Å². The summed E-state index contributed by atoms with van der Waals surface area (Å²) in [6, 6.07) is 11.1. The molecule has 0 saturated heterocycles. The first kappa shape index (κ1) is 35.0. The molecule has 1 aromatic heterocycles. The van der Waals surface area contributed by atoms with Gasteiger partial charge in [0.05, 0.1) is 11.6 Å². The van der Waals surface area contributed by atoms with Gasteiger partial charge in [0, 0.05) is 35.1 Å². The van der Waals surface area contributed by atoms with Crippen LogP contribution in [0, 0.1) is 17.7 Å². The van der Waals surface area contributed by atoms with Crippen LogP contribution in [0.1, 0.15) is 78.6 Å². The van der Waals surface area contributed by atoms with Crippen LogP contribution in [0.3, 0.4) is 0 Å². The van der Waals surface area contributed by atoms with E-state index in [1.165, 1.54) is 18.2 Å². The molecule has 0 spiro atoms. The number of carbonyl (C=O) groups is 4. The highest BCUT2D eigenvalue weighted by Crippen LogP contribution is 2.46. The van der Waals surface area contributed by atoms with Gasteiger partial charge in [0.1, 0.15) is 23.1 Å². The quantitative estimate of drug-likeness (QED) is 0.198. The number of hydrogen-bond donors (Lipinski definition) is 3. The molecular formula is C39H44FN3O7. The maximum Gasteiger partial charge on any atom is 0.408 e. The Labute approximate surface area is 290 Å². The number of aromatic nitrogens is 1. The van der Waals surface area contributed by atoms with Gasteiger partial charge in [0.15, 0.2) is 5.78 Å². The highest BCUT2D eigenvalue weighted by Gasteiger charge is 2.61. The molecule has 2 aromatic carbocycles. The SMILES string of the molecule is CC(C)(C)OC(=O)N[C@H]1CCCCC/C=C\[C@@H]2C[C@@]2(C(=O)O)NC(=O)[C@H]2C/C(=C/C1=O)C[C@H](Oc1nc3cc(F)ccc3c3ccccc13)C2. The zero-order valence-corrected chi connectivity index (χ0v) is 28.7. The molecule has 0 radical (unpaired) electrons. The lowest BCUT2D eigenvalue weighted by Gasteiger charge is -2.32. The van der Waals surface area contributed by atoms with Gasteiger partial charge < -0.3 is 25.2 Å². The van der Waals surface area contributed by atoms with E-state index in [0.29, 0.717) is 42.2 Å². The number of fused-ring (bicyclic) bond motifs is 6. The fourth-order valence-corrected chi connectivity index (χ4v) is 7.10. The van der Waals surface area contributed by atoms with Crippen LogP contribution in [-0.4, -0.2) is 57.1 Å². The molecule has 6 rings (SSSR count). The lowest BCUT2D eigenvalue weighted by molar-refractivity contribution is -0.144. The van der Waals surface area contributed by atoms with Crippen molar-refractivity contribution in [2.75, 3.05) is 0 Å². The van der Waals surface area contributed by atoms with E-state index in [-0.39, 0.29) is 30.4 Å². The van der Waals surface area contributed by atoms with Crippen molar-refractivity contribution in [2.45, 2.75) is 102 Å². The number of benzene rings is 2. The summed E-state index contributed by atoms with van der Waals surface area (Å²) < 4.78 is 26.3. The maximum atomic E-state index is 14.3. The number of ether oxygens (including phenoxy) is 2. The fourth-order valence-electron chi connectivity index (χ4n) is 7.10. The minimum Gasteiger partial charge on any atom is -0.479 e. The molecule has 2 amide bonds. The van der Waals surface area contributed by atoms with E-state index >= 15 is 0 Å². The molecule has 2 fully saturated rings. The largest absolute Gasteiger partial charge is 0.479 e. The second kappa shape index (κ2) is 14.2. The highest BCUT2D eigenvalue weighted by molar-refractivity contribution is 6.07. The lowest BCUT2D eigenvalue weighted by Crippen LogP contribution is -2.48. The zero-order chi connectivity index (χ0) is 35.6. The number of allylic oxidation sites excluding steroid dienone is 1. The summed E-state index contributed by atoms with van der Waals surface area (Å²) in [7, 11) is 0. The third kappa shape index (κ3) is 7.98. The van der Waals surface area contributed by atoms with Gasteiger partial charge in [-0.3, -0.25) is 9.59 Å². The van der Waals surface area contributed by atoms with E-state index < -0.39 is 53.0 Å². The number of amides is 2. The summed E-state index contributed by atoms with van der Waals surface area (Å²) in [6.45, 7) is 5.25. The van der Waals surface area contributed by atoms with Crippen LogP contribution in [-0.2, 0) is 19.1 Å². The van der Waals surface area contributed by atoms with Crippen LogP contribution in [0.25, 0.3) is 21.7 Å². The second-order valence-electron chi connectivity index (χ2n) is 14.8. The van der Waals surface area contributed by atoms with Crippen molar-refractivity contribution in [3.63, 3.8) is 0 Å². The van der Waals surface area contributed by atoms with Gasteiger partial charge in [0.25, 0.3) is 0 Å². The first-order chi connectivity index (χ1) is 23.8. The van der Waals surface area contributed by atoms with Gasteiger partial charge in [-0.2, -0.15) is 0 Å². The standard InChI is InChI=1S/C39H44FN3O7/c1-38(2,3)50-37(48)42-31-14-8-6-4-5-7-11-25-22-39(25,36(46)47)43-34(45)24-17-23(19-33(31)44)18-27(20-24)49-35-30-13-10-9-12-28(30)29-16-15-26(40)21-32(29)41-35/h7,9-13,15-16,19,21,24-25,27,31H,4-6,8,14,17-18,20,22H2,1-3H3,(H,42,48)(H,43,45)(H,46,47)/b11-7-,23-19-/t24-,25+,27-,31-,39+/m0/s1. The van der Waals surface area contributed by atoms with Crippen LogP contribution in [0.5, 0.6) is 5.88 Å². The molecule has 0 unspecified atom stereocenters. The number of rotatable bonds is 4. The molecule has 3 aromatic rings. The Bertz CT molecular complexity index is 1880. The summed E-state index contributed by atoms with van der Waals surface area (Å²) in [6.07, 6.45) is 8.53. The number of pyridine rings is 1. The molecule has 2 aliphatic carbocycles. The molecule has 264 valence electrons. The van der Waals surface area contributed by atoms with Gasteiger partial charge in [-0.05, 0) is 89.0 Å². The number of nitrogens with zero attached hydrogens (tertiary/aromatic N) is 1. The van der Waals surface area contributed by atoms with Crippen molar-refractivity contribution < 1.29 is 38.1 Å². The Morgan fingerprint density at radius 1 is 1.04 bits per heavy atom. The molecule has 2 bridgehead atoms. The summed E-state index contributed by atoms with van der Waals surface area (Å²) in [5.74, 6) is -3.01. The number of nitrogens with one attached hydrogen (secondary N) is 2. The highest BCUT2D eigenvalue weighted by atomic mass is 19.1. The van der Waals surface area contributed by atoms with E-state index in [1.54, 1.807) is 26.8 Å². The molecule has 50 heavy (non-hydrogen) atoms. The molecule has 11 heteroatoms. The molecule has 3 N–H and O–H groups in total. The van der Waals surface area contributed by atoms with Gasteiger partial charge in [-0.25, -0.2) is 19.0 Å². The van der Waals surface area contributed by atoms with Gasteiger partial charge in [-0.1, -0.05) is 48.8 Å². The van der Waals surface area contributed by atoms with Crippen LogP contribution >= 0.6 is 0 Å². The van der Waals surface area contributed by atoms with Gasteiger partial charge in [-0.15, -0.1) is 0 Å². The van der Waals surface area contributed by atoms with E-state index in [1.807, 2.05) is 36.4 Å². The molecule has 1 aliphatic heterocycles. The van der Waals surface area contributed by atoms with Crippen molar-refractivity contribution in [1.29, 1.82) is 0 Å².